The summed E-state index contributed by atoms with van der Waals surface area (Å²) >= 11 is 0. The van der Waals surface area contributed by atoms with Crippen molar-refractivity contribution < 1.29 is 23.8 Å². The van der Waals surface area contributed by atoms with Gasteiger partial charge in [-0.1, -0.05) is 6.07 Å². The van der Waals surface area contributed by atoms with Crippen LogP contribution in [0.25, 0.3) is 0 Å². The predicted molar refractivity (Wildman–Crippen MR) is 117 cm³/mol. The Kier molecular flexibility index (Phi) is 9.47. The Morgan fingerprint density at radius 1 is 1.17 bits per heavy atom. The molecule has 1 unspecified atom stereocenters. The molecule has 168 valence electrons. The smallest absolute Gasteiger partial charge is 0.407 e. The second kappa shape index (κ2) is 11.8. The van der Waals surface area contributed by atoms with Gasteiger partial charge in [-0.25, -0.2) is 4.79 Å². The Balaban J connectivity index is 1.72. The monoisotopic (exact) mass is 419 g/mol. The van der Waals surface area contributed by atoms with Crippen molar-refractivity contribution in [2.75, 3.05) is 19.8 Å². The van der Waals surface area contributed by atoms with E-state index in [2.05, 4.69) is 17.4 Å². The largest absolute Gasteiger partial charge is 0.494 e. The zero-order chi connectivity index (χ0) is 22.0. The number of nitrogens with one attached hydrogen (secondary N) is 1. The highest BCUT2D eigenvalue weighted by Crippen LogP contribution is 2.29. The quantitative estimate of drug-likeness (QED) is 0.353. The van der Waals surface area contributed by atoms with Crippen molar-refractivity contribution in [3.05, 3.63) is 29.3 Å². The number of rotatable bonds is 9. The van der Waals surface area contributed by atoms with Gasteiger partial charge in [-0.2, -0.15) is 0 Å². The molecule has 1 aliphatic rings. The molecule has 1 amide bonds. The number of hydrogen-bond acceptors (Lipinski definition) is 5. The Labute approximate surface area is 180 Å². The Morgan fingerprint density at radius 2 is 1.97 bits per heavy atom. The van der Waals surface area contributed by atoms with Gasteiger partial charge >= 0.3 is 12.1 Å². The number of aryl methyl sites for hydroxylation is 1. The van der Waals surface area contributed by atoms with Crippen LogP contribution in [0, 0.1) is 5.92 Å². The van der Waals surface area contributed by atoms with E-state index in [1.54, 1.807) is 0 Å². The molecule has 0 heterocycles. The zero-order valence-electron chi connectivity index (χ0n) is 18.9. The van der Waals surface area contributed by atoms with Gasteiger partial charge in [-0.05, 0) is 95.4 Å². The zero-order valence-corrected chi connectivity index (χ0v) is 18.9. The first kappa shape index (κ1) is 24.0. The maximum Gasteiger partial charge on any atom is 0.407 e. The molecule has 0 aliphatic heterocycles. The Hall–Kier alpha value is -2.24. The molecule has 30 heavy (non-hydrogen) atoms. The third kappa shape index (κ3) is 9.06. The molecule has 6 nitrogen and oxygen atoms in total. The maximum atomic E-state index is 11.8. The van der Waals surface area contributed by atoms with E-state index < -0.39 is 5.60 Å². The highest BCUT2D eigenvalue weighted by atomic mass is 16.6. The highest BCUT2D eigenvalue weighted by Gasteiger charge is 2.20. The standard InChI is InChI=1S/C24H37NO5/c1-5-28-22(26)16-18-9-8-10-19-17-21(12-11-20(19)15-18)29-14-7-6-13-25-23(27)30-24(2,3)4/h11-12,17-18H,5-10,13-16H2,1-4H3,(H,25,27). The summed E-state index contributed by atoms with van der Waals surface area (Å²) in [5, 5.41) is 2.76. The number of amides is 1. The summed E-state index contributed by atoms with van der Waals surface area (Å²) in [5.41, 5.74) is 2.17. The van der Waals surface area contributed by atoms with E-state index in [0.717, 1.165) is 44.3 Å². The van der Waals surface area contributed by atoms with Crippen molar-refractivity contribution in [1.29, 1.82) is 0 Å². The van der Waals surface area contributed by atoms with Crippen LogP contribution in [0.3, 0.4) is 0 Å². The van der Waals surface area contributed by atoms with Crippen molar-refractivity contribution in [3.8, 4) is 5.75 Å². The maximum absolute atomic E-state index is 11.8. The fraction of sp³-hybridized carbons (Fsp3) is 0.667. The summed E-state index contributed by atoms with van der Waals surface area (Å²) in [5.74, 6) is 1.15. The van der Waals surface area contributed by atoms with Crippen molar-refractivity contribution in [2.45, 2.75) is 78.2 Å². The van der Waals surface area contributed by atoms with Gasteiger partial charge in [0.2, 0.25) is 0 Å². The second-order valence-electron chi connectivity index (χ2n) is 8.89. The summed E-state index contributed by atoms with van der Waals surface area (Å²) in [6.07, 6.45) is 5.88. The third-order valence-corrected chi connectivity index (χ3v) is 5.01. The van der Waals surface area contributed by atoms with Crippen molar-refractivity contribution in [3.63, 3.8) is 0 Å². The van der Waals surface area contributed by atoms with E-state index in [0.29, 0.717) is 32.1 Å². The molecule has 0 radical (unpaired) electrons. The van der Waals surface area contributed by atoms with Gasteiger partial charge in [0.1, 0.15) is 11.4 Å². The van der Waals surface area contributed by atoms with E-state index in [1.165, 1.54) is 11.1 Å². The molecule has 0 fully saturated rings. The average Bonchev–Trinajstić information content (AvgIpc) is 2.84. The summed E-state index contributed by atoms with van der Waals surface area (Å²) in [6.45, 7) is 9.02. The minimum Gasteiger partial charge on any atom is -0.494 e. The minimum atomic E-state index is -0.475. The van der Waals surface area contributed by atoms with Crippen LogP contribution in [0.15, 0.2) is 18.2 Å². The molecule has 0 bridgehead atoms. The number of benzene rings is 1. The number of esters is 1. The number of unbranched alkanes of at least 4 members (excludes halogenated alkanes) is 1. The summed E-state index contributed by atoms with van der Waals surface area (Å²) < 4.78 is 16.2. The first-order chi connectivity index (χ1) is 14.3. The van der Waals surface area contributed by atoms with Crippen LogP contribution in [0.1, 0.15) is 70.9 Å². The molecule has 0 spiro atoms. The van der Waals surface area contributed by atoms with Gasteiger partial charge in [-0.15, -0.1) is 0 Å². The molecule has 1 N–H and O–H groups in total. The summed E-state index contributed by atoms with van der Waals surface area (Å²) in [4.78, 5) is 23.4. The van der Waals surface area contributed by atoms with Crippen molar-refractivity contribution in [1.82, 2.24) is 5.32 Å². The lowest BCUT2D eigenvalue weighted by Crippen LogP contribution is -2.33. The first-order valence-electron chi connectivity index (χ1n) is 11.1. The van der Waals surface area contributed by atoms with Gasteiger partial charge < -0.3 is 19.5 Å². The Bertz CT molecular complexity index is 695. The molecular formula is C24H37NO5. The molecule has 1 atom stereocenters. The number of hydrogen-bond donors (Lipinski definition) is 1. The lowest BCUT2D eigenvalue weighted by atomic mass is 9.94. The van der Waals surface area contributed by atoms with E-state index in [9.17, 15) is 9.59 Å². The van der Waals surface area contributed by atoms with Gasteiger partial charge in [0.15, 0.2) is 0 Å². The number of carbonyl (C=O) groups is 2. The van der Waals surface area contributed by atoms with Crippen LogP contribution in [-0.4, -0.2) is 37.4 Å². The molecule has 0 saturated carbocycles. The number of ether oxygens (including phenoxy) is 3. The average molecular weight is 420 g/mol. The van der Waals surface area contributed by atoms with E-state index >= 15 is 0 Å². The molecular weight excluding hydrogens is 382 g/mol. The van der Waals surface area contributed by atoms with Gasteiger partial charge in [0, 0.05) is 13.0 Å². The second-order valence-corrected chi connectivity index (χ2v) is 8.89. The fourth-order valence-corrected chi connectivity index (χ4v) is 3.67. The molecule has 2 rings (SSSR count). The van der Waals surface area contributed by atoms with Gasteiger partial charge in [0.05, 0.1) is 13.2 Å². The van der Waals surface area contributed by atoms with Crippen LogP contribution in [0.5, 0.6) is 5.75 Å². The SMILES string of the molecule is CCOC(=O)CC1CCCc2cc(OCCCCNC(=O)OC(C)(C)C)ccc2C1. The molecule has 1 aromatic carbocycles. The van der Waals surface area contributed by atoms with E-state index in [4.69, 9.17) is 14.2 Å². The van der Waals surface area contributed by atoms with Crippen LogP contribution in [-0.2, 0) is 27.1 Å². The van der Waals surface area contributed by atoms with Gasteiger partial charge in [-0.3, -0.25) is 4.79 Å². The van der Waals surface area contributed by atoms with Gasteiger partial charge in [0.25, 0.3) is 0 Å². The molecule has 1 aliphatic carbocycles. The number of fused-ring (bicyclic) bond motifs is 1. The molecule has 0 saturated heterocycles. The number of alkyl carbamates (subject to hydrolysis) is 1. The number of carbonyl (C=O) groups excluding carboxylic acids is 2. The van der Waals surface area contributed by atoms with Crippen LogP contribution >= 0.6 is 0 Å². The fourth-order valence-electron chi connectivity index (χ4n) is 3.67. The normalized spacial score (nSPS) is 16.2. The highest BCUT2D eigenvalue weighted by molar-refractivity contribution is 5.69. The van der Waals surface area contributed by atoms with Crippen LogP contribution in [0.4, 0.5) is 4.79 Å². The minimum absolute atomic E-state index is 0.0907. The lowest BCUT2D eigenvalue weighted by molar-refractivity contribution is -0.144. The van der Waals surface area contributed by atoms with E-state index in [-0.39, 0.29) is 12.1 Å². The van der Waals surface area contributed by atoms with Crippen molar-refractivity contribution >= 4 is 12.1 Å². The van der Waals surface area contributed by atoms with Crippen LogP contribution in [0.2, 0.25) is 0 Å². The molecule has 1 aromatic rings. The first-order valence-corrected chi connectivity index (χ1v) is 11.1. The Morgan fingerprint density at radius 3 is 2.70 bits per heavy atom. The molecule has 0 aromatic heterocycles. The van der Waals surface area contributed by atoms with E-state index in [1.807, 2.05) is 33.8 Å². The predicted octanol–water partition coefficient (Wildman–Crippen LogP) is 4.82. The molecule has 6 heteroatoms. The van der Waals surface area contributed by atoms with Crippen molar-refractivity contribution in [2.24, 2.45) is 5.92 Å². The van der Waals surface area contributed by atoms with Crippen LogP contribution < -0.4 is 10.1 Å². The summed E-state index contributed by atoms with van der Waals surface area (Å²) in [7, 11) is 0. The lowest BCUT2D eigenvalue weighted by Gasteiger charge is -2.19. The third-order valence-electron chi connectivity index (χ3n) is 5.01. The topological polar surface area (TPSA) is 73.9 Å². The summed E-state index contributed by atoms with van der Waals surface area (Å²) in [6, 6.07) is 6.30.